The van der Waals surface area contributed by atoms with Gasteiger partial charge in [-0.25, -0.2) is 9.97 Å². The lowest BCUT2D eigenvalue weighted by atomic mass is 9.67. The number of aromatic nitrogens is 2. The van der Waals surface area contributed by atoms with E-state index in [0.29, 0.717) is 0 Å². The summed E-state index contributed by atoms with van der Waals surface area (Å²) in [6.07, 6.45) is 0. The number of thiazole rings is 2. The fraction of sp³-hybridized carbons (Fsp3) is 0.0179. The van der Waals surface area contributed by atoms with E-state index in [2.05, 4.69) is 413 Å². The Labute approximate surface area is 679 Å². The van der Waals surface area contributed by atoms with E-state index in [0.717, 1.165) is 32.2 Å². The van der Waals surface area contributed by atoms with Crippen LogP contribution in [0, 0.1) is 0 Å². The van der Waals surface area contributed by atoms with Crippen LogP contribution in [0.5, 0.6) is 0 Å². The molecule has 0 bridgehead atoms. The van der Waals surface area contributed by atoms with Crippen LogP contribution in [0.1, 0.15) is 44.5 Å². The van der Waals surface area contributed by atoms with Gasteiger partial charge in [0.25, 0.3) is 0 Å². The first-order valence-electron chi connectivity index (χ1n) is 40.0. The van der Waals surface area contributed by atoms with Gasteiger partial charge in [0.1, 0.15) is 10.0 Å². The predicted molar refractivity (Wildman–Crippen MR) is 490 cm³/mol. The van der Waals surface area contributed by atoms with Gasteiger partial charge in [-0.1, -0.05) is 352 Å². The van der Waals surface area contributed by atoms with Gasteiger partial charge < -0.3 is 0 Å². The van der Waals surface area contributed by atoms with Crippen LogP contribution < -0.4 is 0 Å². The average Bonchev–Trinajstić information content (AvgIpc) is 1.50. The standard InChI is InChI=1S/C56H33NS.C56H35NS/c1-2-12-37(13-3-1)55-57-51-30-27-36-23-21-35-22-24-40(32-47(35)52(36)54(51)58-55)38-14-10-15-39(31-38)41-26-28-45-46-29-25-34-11-4-5-16-42(34)53(46)56(50(45)33-41)48-19-8-6-17-43(48)44-18-7-9-20-49(44)56;1-4-13-38(14-5-1)55-57-52-30-28-37-25-23-36-24-26-43(32-48(36)53(37)54(52)58-55)39-17-12-18-40(31-39)44-27-29-47-49-33-41-15-10-11-16-42(41)34-51(49)56(50(47)35-44,45-19-6-2-7-20-45)46-21-8-3-9-22-46/h1-33H;1-35H. The molecule has 0 saturated carbocycles. The second-order valence-corrected chi connectivity index (χ2v) is 33.3. The molecule has 0 N–H and O–H groups in total. The first-order valence-corrected chi connectivity index (χ1v) is 41.6. The summed E-state index contributed by atoms with van der Waals surface area (Å²) < 4.78 is 2.48. The Hall–Kier alpha value is -14.3. The first kappa shape index (κ1) is 66.4. The summed E-state index contributed by atoms with van der Waals surface area (Å²) in [6, 6.07) is 153. The first-order chi connectivity index (χ1) is 57.5. The van der Waals surface area contributed by atoms with Crippen molar-refractivity contribution in [3.63, 3.8) is 0 Å². The Bertz CT molecular complexity index is 7730. The van der Waals surface area contributed by atoms with Crippen LogP contribution in [0.15, 0.2) is 413 Å². The molecule has 2 heterocycles. The van der Waals surface area contributed by atoms with Crippen molar-refractivity contribution in [3.05, 3.63) is 457 Å². The maximum absolute atomic E-state index is 5.09. The number of nitrogens with zero attached hydrogens (tertiary/aromatic N) is 2. The molecule has 3 aliphatic carbocycles. The minimum absolute atomic E-state index is 0.423. The van der Waals surface area contributed by atoms with Crippen molar-refractivity contribution in [2.45, 2.75) is 10.8 Å². The van der Waals surface area contributed by atoms with E-state index in [1.165, 1.54) is 196 Å². The lowest BCUT2D eigenvalue weighted by Gasteiger charge is -2.34. The van der Waals surface area contributed by atoms with Crippen LogP contribution in [0.4, 0.5) is 0 Å². The Morgan fingerprint density at radius 2 is 0.534 bits per heavy atom. The van der Waals surface area contributed by atoms with Gasteiger partial charge in [0.2, 0.25) is 0 Å². The Morgan fingerprint density at radius 3 is 1.06 bits per heavy atom. The second-order valence-electron chi connectivity index (χ2n) is 31.3. The second kappa shape index (κ2) is 26.2. The van der Waals surface area contributed by atoms with Gasteiger partial charge in [-0.3, -0.25) is 0 Å². The molecule has 22 aromatic rings. The molecule has 2 nitrogen and oxygen atoms in total. The molecule has 0 aliphatic heterocycles. The number of fused-ring (bicyclic) bond motifs is 26. The van der Waals surface area contributed by atoms with Crippen molar-refractivity contribution < 1.29 is 0 Å². The topological polar surface area (TPSA) is 25.8 Å². The van der Waals surface area contributed by atoms with E-state index in [4.69, 9.17) is 9.97 Å². The van der Waals surface area contributed by atoms with E-state index >= 15 is 0 Å². The molecule has 0 atom stereocenters. The largest absolute Gasteiger partial charge is 0.236 e. The molecule has 538 valence electrons. The lowest BCUT2D eigenvalue weighted by molar-refractivity contribution is 0.770. The third-order valence-electron chi connectivity index (χ3n) is 25.2. The van der Waals surface area contributed by atoms with Crippen LogP contribution in [0.2, 0.25) is 0 Å². The summed E-state index contributed by atoms with van der Waals surface area (Å²) in [5.74, 6) is 0. The molecule has 0 amide bonds. The summed E-state index contributed by atoms with van der Waals surface area (Å²) >= 11 is 3.58. The number of hydrogen-bond acceptors (Lipinski definition) is 4. The van der Waals surface area contributed by atoms with Crippen molar-refractivity contribution in [3.8, 4) is 99.0 Å². The zero-order chi connectivity index (χ0) is 76.2. The number of hydrogen-bond donors (Lipinski definition) is 0. The summed E-state index contributed by atoms with van der Waals surface area (Å²) in [7, 11) is 0. The third kappa shape index (κ3) is 10.1. The van der Waals surface area contributed by atoms with Crippen molar-refractivity contribution in [2.24, 2.45) is 0 Å². The number of rotatable bonds is 8. The maximum Gasteiger partial charge on any atom is 0.124 e. The molecule has 0 fully saturated rings. The van der Waals surface area contributed by atoms with E-state index in [1.807, 2.05) is 0 Å². The van der Waals surface area contributed by atoms with Gasteiger partial charge in [-0.15, -0.1) is 22.7 Å². The highest BCUT2D eigenvalue weighted by Gasteiger charge is 2.53. The molecule has 4 heteroatoms. The van der Waals surface area contributed by atoms with Crippen molar-refractivity contribution in [1.82, 2.24) is 9.97 Å². The van der Waals surface area contributed by atoms with E-state index in [9.17, 15) is 0 Å². The Morgan fingerprint density at radius 1 is 0.190 bits per heavy atom. The predicted octanol–water partition coefficient (Wildman–Crippen LogP) is 30.2. The molecule has 0 radical (unpaired) electrons. The van der Waals surface area contributed by atoms with Crippen LogP contribution >= 0.6 is 22.7 Å². The number of benzene rings is 20. The lowest BCUT2D eigenvalue weighted by Crippen LogP contribution is -2.28. The minimum atomic E-state index is -0.480. The van der Waals surface area contributed by atoms with Crippen LogP contribution in [-0.2, 0) is 10.8 Å². The molecule has 25 rings (SSSR count). The molecular weight excluding hydrogens is 1440 g/mol. The Balaban J connectivity index is 0.000000133. The van der Waals surface area contributed by atoms with Crippen LogP contribution in [0.25, 0.3) is 184 Å². The normalized spacial score (nSPS) is 13.1. The smallest absolute Gasteiger partial charge is 0.124 e. The Kier molecular flexibility index (Phi) is 15.0. The third-order valence-corrected chi connectivity index (χ3v) is 27.5. The van der Waals surface area contributed by atoms with Crippen molar-refractivity contribution >= 4 is 108 Å². The fourth-order valence-corrected chi connectivity index (χ4v) is 22.3. The van der Waals surface area contributed by atoms with E-state index < -0.39 is 10.8 Å². The van der Waals surface area contributed by atoms with Gasteiger partial charge in [0.05, 0.1) is 31.3 Å². The molecule has 3 aliphatic rings. The summed E-state index contributed by atoms with van der Waals surface area (Å²) in [4.78, 5) is 10.2. The van der Waals surface area contributed by atoms with Crippen molar-refractivity contribution in [1.29, 1.82) is 0 Å². The van der Waals surface area contributed by atoms with Gasteiger partial charge in [-0.05, 0) is 237 Å². The van der Waals surface area contributed by atoms with E-state index in [-0.39, 0.29) is 0 Å². The minimum Gasteiger partial charge on any atom is -0.236 e. The highest BCUT2D eigenvalue weighted by atomic mass is 32.1. The fourth-order valence-electron chi connectivity index (χ4n) is 20.0. The highest BCUT2D eigenvalue weighted by molar-refractivity contribution is 7.23. The zero-order valence-electron chi connectivity index (χ0n) is 63.0. The summed E-state index contributed by atoms with van der Waals surface area (Å²) in [6.45, 7) is 0. The molecule has 20 aromatic carbocycles. The molecule has 0 saturated heterocycles. The molecule has 0 unspecified atom stereocenters. The quantitative estimate of drug-likeness (QED) is 0.142. The zero-order valence-corrected chi connectivity index (χ0v) is 64.6. The van der Waals surface area contributed by atoms with Gasteiger partial charge in [0.15, 0.2) is 0 Å². The maximum atomic E-state index is 5.09. The summed E-state index contributed by atoms with van der Waals surface area (Å²) in [5.41, 5.74) is 31.8. The SMILES string of the molecule is c1ccc(-c2nc3ccc4ccc5ccc(-c6cccc(-c7ccc8c(c7)C(c7ccccc7)(c7ccccc7)c7cc9ccccc9cc7-8)c6)cc5c4c3s2)cc1.c1ccc(-c2nc3ccc4ccc5ccc(-c6cccc(-c7ccc8c(c7)C7(c9ccccc9-c9ccccc97)c7c-8ccc8ccccc78)c6)cc5c4c3s2)cc1. The van der Waals surface area contributed by atoms with Crippen LogP contribution in [-0.4, -0.2) is 9.97 Å². The summed E-state index contributed by atoms with van der Waals surface area (Å²) in [5, 5.41) is 17.3. The van der Waals surface area contributed by atoms with Crippen LogP contribution in [0.3, 0.4) is 0 Å². The molecule has 1 spiro atoms. The van der Waals surface area contributed by atoms with Gasteiger partial charge >= 0.3 is 0 Å². The highest BCUT2D eigenvalue weighted by Crippen LogP contribution is 2.65. The molecular formula is C112H68N2S2. The molecule has 116 heavy (non-hydrogen) atoms. The monoisotopic (exact) mass is 1500 g/mol. The van der Waals surface area contributed by atoms with Crippen molar-refractivity contribution in [2.75, 3.05) is 0 Å². The van der Waals surface area contributed by atoms with Gasteiger partial charge in [0, 0.05) is 21.9 Å². The average molecular weight is 1510 g/mol. The molecule has 2 aromatic heterocycles. The van der Waals surface area contributed by atoms with E-state index in [1.54, 1.807) is 22.7 Å². The van der Waals surface area contributed by atoms with Gasteiger partial charge in [-0.2, -0.15) is 0 Å².